The summed E-state index contributed by atoms with van der Waals surface area (Å²) >= 11 is 6.06. The summed E-state index contributed by atoms with van der Waals surface area (Å²) in [6.07, 6.45) is 3.68. The van der Waals surface area contributed by atoms with Crippen molar-refractivity contribution in [3.05, 3.63) is 76.1 Å². The number of hydrogen-bond acceptors (Lipinski definition) is 3. The van der Waals surface area contributed by atoms with E-state index in [1.54, 1.807) is 12.1 Å². The first-order valence-electron chi connectivity index (χ1n) is 13.2. The maximum atomic E-state index is 13.8. The van der Waals surface area contributed by atoms with Gasteiger partial charge in [0.2, 0.25) is 5.91 Å². The van der Waals surface area contributed by atoms with Gasteiger partial charge in [0, 0.05) is 18.6 Å². The van der Waals surface area contributed by atoms with Crippen molar-refractivity contribution in [2.24, 2.45) is 0 Å². The van der Waals surface area contributed by atoms with Gasteiger partial charge in [-0.1, -0.05) is 30.3 Å². The van der Waals surface area contributed by atoms with E-state index in [1.807, 2.05) is 45.9 Å². The van der Waals surface area contributed by atoms with Gasteiger partial charge < -0.3 is 15.0 Å². The molecule has 1 aliphatic heterocycles. The molecule has 37 heavy (non-hydrogen) atoms. The third-order valence-electron chi connectivity index (χ3n) is 7.03. The summed E-state index contributed by atoms with van der Waals surface area (Å²) in [6.45, 7) is 17.3. The lowest BCUT2D eigenvalue weighted by molar-refractivity contribution is -0.120. The van der Waals surface area contributed by atoms with Gasteiger partial charge >= 0.3 is 0 Å². The van der Waals surface area contributed by atoms with Gasteiger partial charge in [0.25, 0.3) is 0 Å². The van der Waals surface area contributed by atoms with Crippen LogP contribution in [0, 0.1) is 12.7 Å². The SMILES string of the molecule is C=C(/C(CC(=O)NC(C)C)=C(/C)c1cc(OCCCN2CCCC2C)ccc1C)c1ccc(F)c(Cl)c1. The smallest absolute Gasteiger partial charge is 0.224 e. The Labute approximate surface area is 226 Å². The predicted molar refractivity (Wildman–Crippen MR) is 152 cm³/mol. The fourth-order valence-corrected chi connectivity index (χ4v) is 5.08. The predicted octanol–water partition coefficient (Wildman–Crippen LogP) is 7.44. The number of hydrogen-bond donors (Lipinski definition) is 1. The summed E-state index contributed by atoms with van der Waals surface area (Å²) in [5, 5.41) is 2.99. The molecule has 0 spiro atoms. The van der Waals surface area contributed by atoms with E-state index in [0.29, 0.717) is 23.8 Å². The zero-order valence-corrected chi connectivity index (χ0v) is 23.6. The van der Waals surface area contributed by atoms with Crippen molar-refractivity contribution in [1.82, 2.24) is 10.2 Å². The number of nitrogens with one attached hydrogen (secondary N) is 1. The molecule has 1 heterocycles. The second kappa shape index (κ2) is 13.3. The van der Waals surface area contributed by atoms with Gasteiger partial charge in [-0.05, 0) is 118 Å². The van der Waals surface area contributed by atoms with Crippen LogP contribution in [0.4, 0.5) is 4.39 Å². The fourth-order valence-electron chi connectivity index (χ4n) is 4.90. The molecule has 2 aromatic carbocycles. The Hall–Kier alpha value is -2.63. The first-order valence-corrected chi connectivity index (χ1v) is 13.6. The largest absolute Gasteiger partial charge is 0.494 e. The molecule has 0 bridgehead atoms. The number of carbonyl (C=O) groups excluding carboxylic acids is 1. The Kier molecular flexibility index (Phi) is 10.4. The molecule has 2 aromatic rings. The summed E-state index contributed by atoms with van der Waals surface area (Å²) in [5.41, 5.74) is 5.10. The number of likely N-dealkylation sites (tertiary alicyclic amines) is 1. The van der Waals surface area contributed by atoms with Crippen molar-refractivity contribution in [2.75, 3.05) is 19.7 Å². The van der Waals surface area contributed by atoms with Crippen molar-refractivity contribution < 1.29 is 13.9 Å². The minimum absolute atomic E-state index is 0.0181. The number of benzene rings is 2. The van der Waals surface area contributed by atoms with E-state index in [1.165, 1.54) is 25.5 Å². The molecule has 1 saturated heterocycles. The third-order valence-corrected chi connectivity index (χ3v) is 7.32. The molecule has 1 fully saturated rings. The molecule has 1 N–H and O–H groups in total. The first-order chi connectivity index (χ1) is 17.6. The maximum Gasteiger partial charge on any atom is 0.224 e. The van der Waals surface area contributed by atoms with E-state index in [4.69, 9.17) is 16.3 Å². The molecule has 6 heteroatoms. The van der Waals surface area contributed by atoms with Crippen LogP contribution < -0.4 is 10.1 Å². The molecule has 3 rings (SSSR count). The molecule has 4 nitrogen and oxygen atoms in total. The van der Waals surface area contributed by atoms with Crippen LogP contribution in [0.5, 0.6) is 5.75 Å². The minimum Gasteiger partial charge on any atom is -0.494 e. The molecule has 0 aliphatic carbocycles. The quantitative estimate of drug-likeness (QED) is 0.244. The van der Waals surface area contributed by atoms with Gasteiger partial charge in [-0.25, -0.2) is 4.39 Å². The van der Waals surface area contributed by atoms with Gasteiger partial charge in [-0.15, -0.1) is 0 Å². The number of aryl methyl sites for hydroxylation is 1. The number of amides is 1. The minimum atomic E-state index is -0.488. The van der Waals surface area contributed by atoms with Crippen LogP contribution in [0.25, 0.3) is 11.1 Å². The zero-order chi connectivity index (χ0) is 27.1. The van der Waals surface area contributed by atoms with Gasteiger partial charge in [0.15, 0.2) is 0 Å². The number of nitrogens with zero attached hydrogens (tertiary/aromatic N) is 1. The van der Waals surface area contributed by atoms with Gasteiger partial charge in [0.1, 0.15) is 11.6 Å². The standard InChI is InChI=1S/C31H40ClFN2O2/c1-20(2)34-31(36)19-28(23(5)25-11-13-30(33)29(32)17-25)24(6)27-18-26(12-10-21(27)3)37-16-8-15-35-14-7-9-22(35)4/h10-13,17-18,20,22H,5,7-9,14-16,19H2,1-4,6H3,(H,34,36)/b28-24-. The van der Waals surface area contributed by atoms with Crippen LogP contribution in [0.2, 0.25) is 5.02 Å². The molecule has 1 amide bonds. The van der Waals surface area contributed by atoms with Gasteiger partial charge in [-0.2, -0.15) is 0 Å². The number of rotatable bonds is 11. The Bertz CT molecular complexity index is 1160. The lowest BCUT2D eigenvalue weighted by Gasteiger charge is -2.21. The Morgan fingerprint density at radius 1 is 1.27 bits per heavy atom. The van der Waals surface area contributed by atoms with Crippen LogP contribution in [-0.4, -0.2) is 42.6 Å². The highest BCUT2D eigenvalue weighted by Crippen LogP contribution is 2.35. The van der Waals surface area contributed by atoms with Crippen molar-refractivity contribution in [3.8, 4) is 5.75 Å². The zero-order valence-electron chi connectivity index (χ0n) is 22.8. The normalized spacial score (nSPS) is 16.6. The average molecular weight is 527 g/mol. The average Bonchev–Trinajstić information content (AvgIpc) is 3.26. The van der Waals surface area contributed by atoms with Crippen molar-refractivity contribution in [3.63, 3.8) is 0 Å². The summed E-state index contributed by atoms with van der Waals surface area (Å²) in [6, 6.07) is 11.3. The third kappa shape index (κ3) is 7.93. The highest BCUT2D eigenvalue weighted by molar-refractivity contribution is 6.31. The van der Waals surface area contributed by atoms with Crippen molar-refractivity contribution >= 4 is 28.7 Å². The molecular formula is C31H40ClFN2O2. The Balaban J connectivity index is 1.86. The summed E-state index contributed by atoms with van der Waals surface area (Å²) < 4.78 is 19.9. The van der Waals surface area contributed by atoms with E-state index in [9.17, 15) is 9.18 Å². The number of ether oxygens (including phenoxy) is 1. The number of halogens is 2. The second-order valence-electron chi connectivity index (χ2n) is 10.3. The fraction of sp³-hybridized carbons (Fsp3) is 0.452. The van der Waals surface area contributed by atoms with E-state index in [0.717, 1.165) is 41.0 Å². The summed E-state index contributed by atoms with van der Waals surface area (Å²) in [4.78, 5) is 15.3. The summed E-state index contributed by atoms with van der Waals surface area (Å²) in [5.74, 6) is 0.216. The van der Waals surface area contributed by atoms with E-state index >= 15 is 0 Å². The number of allylic oxidation sites excluding steroid dienone is 2. The highest BCUT2D eigenvalue weighted by Gasteiger charge is 2.20. The lowest BCUT2D eigenvalue weighted by atomic mass is 9.88. The van der Waals surface area contributed by atoms with Crippen LogP contribution in [0.3, 0.4) is 0 Å². The molecule has 1 unspecified atom stereocenters. The molecule has 1 atom stereocenters. The first kappa shape index (κ1) is 28.9. The Morgan fingerprint density at radius 2 is 2.03 bits per heavy atom. The van der Waals surface area contributed by atoms with Crippen LogP contribution >= 0.6 is 11.6 Å². The van der Waals surface area contributed by atoms with Crippen LogP contribution in [0.15, 0.2) is 48.6 Å². The van der Waals surface area contributed by atoms with Crippen LogP contribution in [-0.2, 0) is 4.79 Å². The van der Waals surface area contributed by atoms with E-state index < -0.39 is 5.82 Å². The van der Waals surface area contributed by atoms with Crippen LogP contribution in [0.1, 0.15) is 70.1 Å². The molecule has 0 aromatic heterocycles. The molecule has 0 saturated carbocycles. The van der Waals surface area contributed by atoms with E-state index in [2.05, 4.69) is 23.7 Å². The molecule has 200 valence electrons. The van der Waals surface area contributed by atoms with E-state index in [-0.39, 0.29) is 23.4 Å². The molecule has 1 aliphatic rings. The maximum absolute atomic E-state index is 13.8. The lowest BCUT2D eigenvalue weighted by Crippen LogP contribution is -2.30. The van der Waals surface area contributed by atoms with Crippen molar-refractivity contribution in [1.29, 1.82) is 0 Å². The van der Waals surface area contributed by atoms with Crippen molar-refractivity contribution in [2.45, 2.75) is 72.4 Å². The topological polar surface area (TPSA) is 41.6 Å². The highest BCUT2D eigenvalue weighted by atomic mass is 35.5. The molecular weight excluding hydrogens is 487 g/mol. The van der Waals surface area contributed by atoms with Gasteiger partial charge in [-0.3, -0.25) is 4.79 Å². The Morgan fingerprint density at radius 3 is 2.68 bits per heavy atom. The van der Waals surface area contributed by atoms with Gasteiger partial charge in [0.05, 0.1) is 18.1 Å². The monoisotopic (exact) mass is 526 g/mol. The second-order valence-corrected chi connectivity index (χ2v) is 10.7. The summed E-state index contributed by atoms with van der Waals surface area (Å²) in [7, 11) is 0. The molecule has 0 radical (unpaired) electrons. The number of carbonyl (C=O) groups is 1.